The quantitative estimate of drug-likeness (QED) is 0.0303. The second-order valence-electron chi connectivity index (χ2n) is 24.1. The molecule has 0 aromatic heterocycles. The molecular weight excluding hydrogens is 1230 g/mol. The number of allylic oxidation sites excluding steroid dienone is 8. The summed E-state index contributed by atoms with van der Waals surface area (Å²) in [5, 5.41) is 102. The molecule has 0 aromatic carbocycles. The maximum Gasteiger partial charge on any atom is 0.474 e. The van der Waals surface area contributed by atoms with Crippen molar-refractivity contribution in [1.82, 2.24) is 10.6 Å². The number of phosphoric acid groups is 1. The van der Waals surface area contributed by atoms with Gasteiger partial charge in [-0.05, 0) is 91.9 Å². The third-order valence-electron chi connectivity index (χ3n) is 15.4. The van der Waals surface area contributed by atoms with E-state index in [4.69, 9.17) is 63.1 Å². The highest BCUT2D eigenvalue weighted by molar-refractivity contribution is 7.47. The topological polar surface area (TPSA) is 499 Å². The van der Waals surface area contributed by atoms with Crippen molar-refractivity contribution >= 4 is 43.6 Å². The summed E-state index contributed by atoms with van der Waals surface area (Å²) in [6, 6.07) is -3.66. The van der Waals surface area contributed by atoms with Gasteiger partial charge in [0.15, 0.2) is 55.7 Å². The van der Waals surface area contributed by atoms with Crippen molar-refractivity contribution in [3.63, 3.8) is 0 Å². The number of nitrogens with two attached hydrogens (primary N) is 2. The van der Waals surface area contributed by atoms with Crippen LogP contribution in [0.2, 0.25) is 0 Å². The van der Waals surface area contributed by atoms with Gasteiger partial charge in [0.05, 0.1) is 25.9 Å². The number of carboxylic acids is 2. The number of nitrogens with one attached hydrogen (secondary N) is 2. The Labute approximate surface area is 527 Å². The van der Waals surface area contributed by atoms with E-state index in [0.29, 0.717) is 12.8 Å². The molecule has 32 nitrogen and oxygen atoms in total. The predicted molar refractivity (Wildman–Crippen MR) is 315 cm³/mol. The van der Waals surface area contributed by atoms with Crippen molar-refractivity contribution in [2.45, 2.75) is 242 Å². The maximum absolute atomic E-state index is 13.8. The van der Waals surface area contributed by atoms with Gasteiger partial charge in [-0.3, -0.25) is 23.4 Å². The van der Waals surface area contributed by atoms with Crippen molar-refractivity contribution in [1.29, 1.82) is 0 Å². The maximum atomic E-state index is 13.8. The summed E-state index contributed by atoms with van der Waals surface area (Å²) in [5.41, 5.74) is 12.6. The third kappa shape index (κ3) is 23.1. The molecule has 0 saturated carbocycles. The largest absolute Gasteiger partial charge is 0.479 e. The number of rotatable bonds is 33. The average Bonchev–Trinajstić information content (AvgIpc) is 0.764. The van der Waals surface area contributed by atoms with E-state index in [1.54, 1.807) is 13.0 Å². The normalized spacial score (nSPS) is 34.3. The SMILES string of the molecule is C=C(C/C=C(\C)CCC=C(C)C)CCC(C)(C)/C=C/CC/C(C)=C\COC(COP(=O)(O)OC1OC(C(N)=O)C(C)(O)C(OC(N)=O)C1OC1OC(CO)C(OC2OC(C)C(OC3OC(C(=O)O)C(O)C(O)C3O)C(O)C2NC(C)=O)C(O)C1NC(C)=O)C(=O)O. The number of carbonyl (C=O) groups is 6. The minimum absolute atomic E-state index is 0.112. The number of hydrogen-bond acceptors (Lipinski definition) is 25. The zero-order valence-corrected chi connectivity index (χ0v) is 53.5. The van der Waals surface area contributed by atoms with Crippen LogP contribution in [0.1, 0.15) is 114 Å². The van der Waals surface area contributed by atoms with Crippen molar-refractivity contribution < 1.29 is 136 Å². The number of phosphoric ester groups is 1. The van der Waals surface area contributed by atoms with Crippen LogP contribution in [-0.4, -0.2) is 235 Å². The Morgan fingerprint density at radius 3 is 1.87 bits per heavy atom. The standard InChI is InChI=1S/C58H93N4O28P/c1-27(2)15-14-17-28(3)18-19-30(5)20-23-57(9,10)22-13-12-16-29(4)21-24-80-35(50(72)73)26-81-91(78,79)90-55-46(47(89-56(60)76)58(11,77)48(88-55)49(59)71)87-53-37(62-33(8)65)39(67)44(34(25-63)83-53)85-52-36(61-32(7)64)38(66)43(31(6)82-52)84-54-42(70)40(68)41(69)45(86-54)51(74)75/h13,15,18,21-22,31,34-48,52-55,63,66-70,77H,5,12,14,16-17,19-20,23-26H2,1-4,6-11H3,(H2,59,71)(H2,60,76)(H,61,64)(H,62,65)(H,72,73)(H,74,75)(H,78,79)/b22-13+,28-18+,29-21-. The second-order valence-corrected chi connectivity index (χ2v) is 25.5. The zero-order valence-electron chi connectivity index (χ0n) is 52.6. The van der Waals surface area contributed by atoms with E-state index in [-0.39, 0.29) is 12.0 Å². The molecule has 0 radical (unpaired) electrons. The Hall–Kier alpha value is -5.17. The summed E-state index contributed by atoms with van der Waals surface area (Å²) < 4.78 is 75.3. The molecule has 0 spiro atoms. The number of aliphatic carboxylic acids is 2. The van der Waals surface area contributed by atoms with E-state index in [1.165, 1.54) is 18.1 Å². The molecular formula is C58H93N4O28P. The van der Waals surface area contributed by atoms with Gasteiger partial charge in [-0.25, -0.2) is 18.9 Å². The highest BCUT2D eigenvalue weighted by atomic mass is 31.2. The molecule has 4 rings (SSSR count). The van der Waals surface area contributed by atoms with Gasteiger partial charge in [-0.1, -0.05) is 73.1 Å². The van der Waals surface area contributed by atoms with Gasteiger partial charge in [0.1, 0.15) is 66.5 Å². The Balaban J connectivity index is 1.51. The molecule has 4 fully saturated rings. The molecule has 518 valence electrons. The first-order valence-corrected chi connectivity index (χ1v) is 30.9. The summed E-state index contributed by atoms with van der Waals surface area (Å²) in [6.45, 7) is 18.1. The van der Waals surface area contributed by atoms with E-state index in [0.717, 1.165) is 64.0 Å². The molecule has 91 heavy (non-hydrogen) atoms. The Morgan fingerprint density at radius 1 is 0.736 bits per heavy atom. The Morgan fingerprint density at radius 2 is 1.31 bits per heavy atom. The Bertz CT molecular complexity index is 2670. The van der Waals surface area contributed by atoms with E-state index in [2.05, 4.69) is 76.1 Å². The first kappa shape index (κ1) is 78.3. The van der Waals surface area contributed by atoms with Crippen molar-refractivity contribution in [3.8, 4) is 0 Å². The number of aliphatic hydroxyl groups is 7. The van der Waals surface area contributed by atoms with Gasteiger partial charge in [0.2, 0.25) is 17.7 Å². The summed E-state index contributed by atoms with van der Waals surface area (Å²) in [7, 11) is -5.71. The van der Waals surface area contributed by atoms with Crippen LogP contribution in [0.25, 0.3) is 0 Å². The number of primary amides is 2. The van der Waals surface area contributed by atoms with E-state index < -0.39 is 185 Å². The molecule has 4 amide bonds. The molecule has 16 N–H and O–H groups in total. The number of carbonyl (C=O) groups excluding carboxylic acids is 4. The molecule has 0 aromatic rings. The Kier molecular flexibility index (Phi) is 30.0. The molecule has 0 bridgehead atoms. The predicted octanol–water partition coefficient (Wildman–Crippen LogP) is -0.0160. The highest BCUT2D eigenvalue weighted by Gasteiger charge is 2.62. The van der Waals surface area contributed by atoms with Crippen LogP contribution in [0.4, 0.5) is 4.79 Å². The first-order chi connectivity index (χ1) is 42.3. The summed E-state index contributed by atoms with van der Waals surface area (Å²) in [5.74, 6) is -6.65. The van der Waals surface area contributed by atoms with Crippen LogP contribution >= 0.6 is 7.82 Å². The summed E-state index contributed by atoms with van der Waals surface area (Å²) in [4.78, 5) is 86.0. The van der Waals surface area contributed by atoms with E-state index >= 15 is 0 Å². The molecule has 0 aliphatic carbocycles. The molecule has 4 aliphatic heterocycles. The van der Waals surface area contributed by atoms with E-state index in [9.17, 15) is 84.2 Å². The fourth-order valence-corrected chi connectivity index (χ4v) is 11.1. The van der Waals surface area contributed by atoms with Crippen molar-refractivity contribution in [3.05, 3.63) is 59.3 Å². The zero-order chi connectivity index (χ0) is 68.6. The average molecular weight is 1330 g/mol. The summed E-state index contributed by atoms with van der Waals surface area (Å²) >= 11 is 0. The lowest BCUT2D eigenvalue weighted by atomic mass is 9.85. The van der Waals surface area contributed by atoms with Gasteiger partial charge in [0.25, 0.3) is 0 Å². The number of ether oxygens (including phenoxy) is 9. The third-order valence-corrected chi connectivity index (χ3v) is 16.3. The monoisotopic (exact) mass is 1320 g/mol. The number of amides is 4. The number of hydrogen-bond donors (Lipinski definition) is 14. The number of aliphatic hydroxyl groups excluding tert-OH is 6. The van der Waals surface area contributed by atoms with Gasteiger partial charge < -0.3 is 116 Å². The van der Waals surface area contributed by atoms with Crippen LogP contribution in [0.15, 0.2) is 59.3 Å². The van der Waals surface area contributed by atoms with Crippen molar-refractivity contribution in [2.24, 2.45) is 16.9 Å². The lowest BCUT2D eigenvalue weighted by Crippen LogP contribution is -2.72. The fraction of sp³-hybridized carbons (Fsp3) is 0.724. The molecule has 22 unspecified atom stereocenters. The minimum atomic E-state index is -5.71. The molecule has 4 heterocycles. The second kappa shape index (κ2) is 34.8. The van der Waals surface area contributed by atoms with Crippen LogP contribution < -0.4 is 22.1 Å². The van der Waals surface area contributed by atoms with Gasteiger partial charge in [-0.15, -0.1) is 0 Å². The van der Waals surface area contributed by atoms with E-state index in [1.807, 2.05) is 0 Å². The first-order valence-electron chi connectivity index (χ1n) is 29.4. The lowest BCUT2D eigenvalue weighted by molar-refractivity contribution is -0.370. The molecule has 4 saturated heterocycles. The molecule has 4 aliphatic rings. The lowest BCUT2D eigenvalue weighted by Gasteiger charge is -2.51. The minimum Gasteiger partial charge on any atom is -0.479 e. The van der Waals surface area contributed by atoms with Gasteiger partial charge >= 0.3 is 25.9 Å². The smallest absolute Gasteiger partial charge is 0.474 e. The molecule has 33 heteroatoms. The van der Waals surface area contributed by atoms with Crippen LogP contribution in [0.3, 0.4) is 0 Å². The van der Waals surface area contributed by atoms with Crippen molar-refractivity contribution in [2.75, 3.05) is 19.8 Å². The van der Waals surface area contributed by atoms with Gasteiger partial charge in [0, 0.05) is 13.8 Å². The van der Waals surface area contributed by atoms with Crippen LogP contribution in [0.5, 0.6) is 0 Å². The number of carboxylic acid groups (broad SMARTS) is 2. The van der Waals surface area contributed by atoms with Crippen LogP contribution in [0, 0.1) is 5.41 Å². The highest BCUT2D eigenvalue weighted by Crippen LogP contribution is 2.49. The van der Waals surface area contributed by atoms with Gasteiger partial charge in [-0.2, -0.15) is 0 Å². The summed E-state index contributed by atoms with van der Waals surface area (Å²) in [6.07, 6.45) is -22.5. The molecule has 22 atom stereocenters. The van der Waals surface area contributed by atoms with Crippen LogP contribution in [-0.2, 0) is 80.2 Å². The fourth-order valence-electron chi connectivity index (χ4n) is 10.3.